The molecule has 0 spiro atoms. The SMILES string of the molecule is Cn1cc(-c2nn(COCC[Si](C)(C)C)c3cnc(-c4c(F)cc(N)cc4F)nc23)cn1. The molecule has 0 saturated carbocycles. The maximum absolute atomic E-state index is 14.5. The number of rotatable bonds is 7. The molecule has 0 atom stereocenters. The molecule has 0 saturated heterocycles. The molecule has 3 heterocycles. The van der Waals surface area contributed by atoms with Crippen molar-refractivity contribution in [2.75, 3.05) is 12.3 Å². The molecule has 0 amide bonds. The van der Waals surface area contributed by atoms with Crippen molar-refractivity contribution in [3.63, 3.8) is 0 Å². The monoisotopic (exact) mass is 457 g/mol. The molecule has 0 aliphatic rings. The normalized spacial score (nSPS) is 12.1. The van der Waals surface area contributed by atoms with Crippen molar-refractivity contribution in [1.29, 1.82) is 0 Å². The zero-order valence-electron chi connectivity index (χ0n) is 18.4. The second-order valence-electron chi connectivity index (χ2n) is 8.89. The lowest BCUT2D eigenvalue weighted by Gasteiger charge is -2.15. The van der Waals surface area contributed by atoms with Crippen molar-refractivity contribution in [1.82, 2.24) is 29.5 Å². The Morgan fingerprint density at radius 1 is 1.12 bits per heavy atom. The standard InChI is InChI=1S/C21H25F2N7OSi/c1-29-11-13(9-26-29)19-20-17(30(28-19)12-31-5-6-32(2,3)4)10-25-21(27-20)18-15(22)7-14(24)8-16(18)23/h7-11H,5-6,12,24H2,1-4H3. The van der Waals surface area contributed by atoms with Crippen molar-refractivity contribution in [3.05, 3.63) is 42.4 Å². The number of hydrogen-bond donors (Lipinski definition) is 1. The number of halogens is 2. The van der Waals surface area contributed by atoms with E-state index in [-0.39, 0.29) is 23.8 Å². The maximum Gasteiger partial charge on any atom is 0.165 e. The van der Waals surface area contributed by atoms with E-state index in [1.807, 2.05) is 0 Å². The van der Waals surface area contributed by atoms with Gasteiger partial charge in [-0.1, -0.05) is 19.6 Å². The molecule has 8 nitrogen and oxygen atoms in total. The Balaban J connectivity index is 1.77. The first-order valence-corrected chi connectivity index (χ1v) is 13.9. The third-order valence-electron chi connectivity index (χ3n) is 4.97. The van der Waals surface area contributed by atoms with Crippen molar-refractivity contribution in [3.8, 4) is 22.6 Å². The van der Waals surface area contributed by atoms with Gasteiger partial charge in [0.2, 0.25) is 0 Å². The zero-order valence-corrected chi connectivity index (χ0v) is 19.4. The summed E-state index contributed by atoms with van der Waals surface area (Å²) in [5.74, 6) is -1.74. The highest BCUT2D eigenvalue weighted by Gasteiger charge is 2.21. The first kappa shape index (κ1) is 22.0. The van der Waals surface area contributed by atoms with E-state index in [0.717, 1.165) is 23.7 Å². The number of fused-ring (bicyclic) bond motifs is 1. The molecule has 0 radical (unpaired) electrons. The highest BCUT2D eigenvalue weighted by atomic mass is 28.3. The quantitative estimate of drug-likeness (QED) is 0.255. The summed E-state index contributed by atoms with van der Waals surface area (Å²) in [7, 11) is 0.569. The number of hydrogen-bond acceptors (Lipinski definition) is 6. The summed E-state index contributed by atoms with van der Waals surface area (Å²) in [6.07, 6.45) is 4.95. The van der Waals surface area contributed by atoms with Crippen LogP contribution in [0.5, 0.6) is 0 Å². The lowest BCUT2D eigenvalue weighted by molar-refractivity contribution is 0.0818. The van der Waals surface area contributed by atoms with Crippen LogP contribution in [0.4, 0.5) is 14.5 Å². The van der Waals surface area contributed by atoms with Gasteiger partial charge >= 0.3 is 0 Å². The summed E-state index contributed by atoms with van der Waals surface area (Å²) in [4.78, 5) is 8.68. The largest absolute Gasteiger partial charge is 0.399 e. The highest BCUT2D eigenvalue weighted by Crippen LogP contribution is 2.30. The van der Waals surface area contributed by atoms with Crippen LogP contribution in [-0.2, 0) is 18.5 Å². The average Bonchev–Trinajstić information content (AvgIpc) is 3.27. The minimum Gasteiger partial charge on any atom is -0.399 e. The Labute approximate surface area is 185 Å². The lowest BCUT2D eigenvalue weighted by atomic mass is 10.1. The van der Waals surface area contributed by atoms with Gasteiger partial charge in [-0.2, -0.15) is 10.2 Å². The number of nitrogens with zero attached hydrogens (tertiary/aromatic N) is 6. The molecular weight excluding hydrogens is 432 g/mol. The fourth-order valence-corrected chi connectivity index (χ4v) is 4.01. The molecule has 168 valence electrons. The summed E-state index contributed by atoms with van der Waals surface area (Å²) in [5, 5.41) is 8.83. The number of anilines is 1. The Morgan fingerprint density at radius 2 is 1.84 bits per heavy atom. The van der Waals surface area contributed by atoms with E-state index in [9.17, 15) is 8.78 Å². The summed E-state index contributed by atoms with van der Waals surface area (Å²) in [6, 6.07) is 3.12. The first-order chi connectivity index (χ1) is 15.1. The summed E-state index contributed by atoms with van der Waals surface area (Å²) < 4.78 is 38.1. The predicted octanol–water partition coefficient (Wildman–Crippen LogP) is 4.07. The molecule has 0 bridgehead atoms. The van der Waals surface area contributed by atoms with Crippen LogP contribution in [0.1, 0.15) is 0 Å². The number of benzene rings is 1. The molecule has 4 rings (SSSR count). The van der Waals surface area contributed by atoms with Crippen molar-refractivity contribution in [2.45, 2.75) is 32.4 Å². The fraction of sp³-hybridized carbons (Fsp3) is 0.333. The molecule has 32 heavy (non-hydrogen) atoms. The van der Waals surface area contributed by atoms with Crippen LogP contribution in [0.15, 0.2) is 30.7 Å². The average molecular weight is 458 g/mol. The number of nitrogen functional groups attached to an aromatic ring is 1. The summed E-state index contributed by atoms with van der Waals surface area (Å²) >= 11 is 0. The van der Waals surface area contributed by atoms with E-state index in [2.05, 4.69) is 39.8 Å². The molecule has 3 aromatic heterocycles. The Morgan fingerprint density at radius 3 is 2.47 bits per heavy atom. The van der Waals surface area contributed by atoms with Crippen LogP contribution in [0.3, 0.4) is 0 Å². The van der Waals surface area contributed by atoms with E-state index in [1.54, 1.807) is 28.8 Å². The first-order valence-electron chi connectivity index (χ1n) is 10.2. The third-order valence-corrected chi connectivity index (χ3v) is 6.67. The van der Waals surface area contributed by atoms with E-state index in [1.165, 1.54) is 6.20 Å². The van der Waals surface area contributed by atoms with Crippen LogP contribution in [0.2, 0.25) is 25.7 Å². The van der Waals surface area contributed by atoms with Gasteiger partial charge in [-0.25, -0.2) is 23.4 Å². The highest BCUT2D eigenvalue weighted by molar-refractivity contribution is 6.76. The van der Waals surface area contributed by atoms with Crippen LogP contribution >= 0.6 is 0 Å². The summed E-state index contributed by atoms with van der Waals surface area (Å²) in [6.45, 7) is 7.69. The van der Waals surface area contributed by atoms with Crippen LogP contribution in [-0.4, -0.2) is 44.2 Å². The molecule has 1 aromatic carbocycles. The second kappa shape index (κ2) is 8.39. The maximum atomic E-state index is 14.5. The van der Waals surface area contributed by atoms with Gasteiger partial charge in [-0.3, -0.25) is 4.68 Å². The van der Waals surface area contributed by atoms with Crippen molar-refractivity contribution in [2.24, 2.45) is 7.05 Å². The second-order valence-corrected chi connectivity index (χ2v) is 14.5. The fourth-order valence-electron chi connectivity index (χ4n) is 3.25. The number of ether oxygens (including phenoxy) is 1. The minimum absolute atomic E-state index is 0.0100. The van der Waals surface area contributed by atoms with Crippen molar-refractivity contribution < 1.29 is 13.5 Å². The molecule has 11 heteroatoms. The van der Waals surface area contributed by atoms with Gasteiger partial charge < -0.3 is 10.5 Å². The molecular formula is C21H25F2N7OSi. The molecule has 0 aliphatic carbocycles. The Hall–Kier alpha value is -3.18. The van der Waals surface area contributed by atoms with E-state index in [4.69, 9.17) is 10.5 Å². The van der Waals surface area contributed by atoms with Gasteiger partial charge in [0.1, 0.15) is 35.1 Å². The van der Waals surface area contributed by atoms with Crippen LogP contribution in [0.25, 0.3) is 33.7 Å². The molecule has 0 unspecified atom stereocenters. The number of aromatic nitrogens is 6. The van der Waals surface area contributed by atoms with E-state index in [0.29, 0.717) is 23.3 Å². The van der Waals surface area contributed by atoms with Gasteiger partial charge in [0.05, 0.1) is 18.0 Å². The molecule has 2 N–H and O–H groups in total. The molecule has 0 fully saturated rings. The van der Waals surface area contributed by atoms with Crippen molar-refractivity contribution >= 4 is 24.8 Å². The van der Waals surface area contributed by atoms with Crippen LogP contribution < -0.4 is 5.73 Å². The lowest BCUT2D eigenvalue weighted by Crippen LogP contribution is -2.22. The molecule has 0 aliphatic heterocycles. The number of aryl methyl sites for hydroxylation is 1. The summed E-state index contributed by atoms with van der Waals surface area (Å²) in [5.41, 5.74) is 7.49. The van der Waals surface area contributed by atoms with Gasteiger partial charge in [-0.05, 0) is 18.2 Å². The topological polar surface area (TPSA) is 96.7 Å². The Bertz CT molecular complexity index is 1260. The minimum atomic E-state index is -1.22. The van der Waals surface area contributed by atoms with E-state index < -0.39 is 19.7 Å². The zero-order chi connectivity index (χ0) is 23.0. The van der Waals surface area contributed by atoms with E-state index >= 15 is 0 Å². The Kier molecular flexibility index (Phi) is 5.78. The van der Waals surface area contributed by atoms with Gasteiger partial charge in [0.15, 0.2) is 5.82 Å². The third kappa shape index (κ3) is 4.53. The predicted molar refractivity (Wildman–Crippen MR) is 121 cm³/mol. The van der Waals surface area contributed by atoms with Crippen LogP contribution in [0, 0.1) is 11.6 Å². The number of nitrogens with two attached hydrogens (primary N) is 1. The van der Waals surface area contributed by atoms with Gasteiger partial charge in [-0.15, -0.1) is 0 Å². The van der Waals surface area contributed by atoms with Gasteiger partial charge in [0.25, 0.3) is 0 Å². The molecule has 4 aromatic rings. The van der Waals surface area contributed by atoms with Gasteiger partial charge in [0, 0.05) is 39.2 Å². The smallest absolute Gasteiger partial charge is 0.165 e.